The Hall–Kier alpha value is -3.04. The van der Waals surface area contributed by atoms with E-state index in [9.17, 15) is 9.50 Å². The number of pyridine rings is 1. The zero-order chi connectivity index (χ0) is 19.1. The van der Waals surface area contributed by atoms with Crippen LogP contribution >= 0.6 is 0 Å². The van der Waals surface area contributed by atoms with Gasteiger partial charge >= 0.3 is 0 Å². The predicted octanol–water partition coefficient (Wildman–Crippen LogP) is 3.27. The van der Waals surface area contributed by atoms with Crippen LogP contribution in [0.3, 0.4) is 0 Å². The van der Waals surface area contributed by atoms with E-state index in [1.807, 2.05) is 24.3 Å². The van der Waals surface area contributed by atoms with Crippen LogP contribution in [0.2, 0.25) is 0 Å². The molecule has 0 saturated carbocycles. The Labute approximate surface area is 159 Å². The number of aromatic nitrogens is 4. The number of nitrogens with one attached hydrogen (secondary N) is 2. The number of benzene rings is 1. The van der Waals surface area contributed by atoms with Gasteiger partial charge in [0.2, 0.25) is 0 Å². The maximum Gasteiger partial charge on any atom is 0.178 e. The summed E-state index contributed by atoms with van der Waals surface area (Å²) in [5, 5.41) is 25.8. The lowest BCUT2D eigenvalue weighted by molar-refractivity contribution is -0.0324. The zero-order valence-electron chi connectivity index (χ0n) is 15.0. The number of alkyl halides is 1. The maximum absolute atomic E-state index is 13.7. The van der Waals surface area contributed by atoms with Gasteiger partial charge in [0, 0.05) is 36.4 Å². The highest BCUT2D eigenvalue weighted by Gasteiger charge is 2.28. The van der Waals surface area contributed by atoms with Crippen LogP contribution in [0, 0.1) is 0 Å². The normalized spacial score (nSPS) is 19.3. The quantitative estimate of drug-likeness (QED) is 0.498. The summed E-state index contributed by atoms with van der Waals surface area (Å²) < 4.78 is 19.1. The standard InChI is InChI=1S/C19H19FN6O2/c20-11-3-2-8-26(10-11)19(27)16-13-6-5-12(9-15(13)28-25-16)22-18-17-14(23-24-18)4-1-7-21-17/h1,4-7,9,11,19,27H,2-3,8,10H2,(H2,22,23,24). The van der Waals surface area contributed by atoms with Gasteiger partial charge in [0.1, 0.15) is 17.4 Å². The SMILES string of the molecule is OC(c1noc2cc(Nc3n[nH]c4cccnc34)ccc12)N1CCCC(F)C1. The molecule has 0 bridgehead atoms. The number of hydrogen-bond donors (Lipinski definition) is 3. The molecule has 5 rings (SSSR count). The fraction of sp³-hybridized carbons (Fsp3) is 0.316. The third kappa shape index (κ3) is 2.98. The van der Waals surface area contributed by atoms with Crippen molar-refractivity contribution in [1.29, 1.82) is 0 Å². The summed E-state index contributed by atoms with van der Waals surface area (Å²) in [6, 6.07) is 9.21. The second-order valence-corrected chi connectivity index (χ2v) is 6.98. The first-order valence-corrected chi connectivity index (χ1v) is 9.20. The largest absolute Gasteiger partial charge is 0.372 e. The fourth-order valence-electron chi connectivity index (χ4n) is 3.65. The maximum atomic E-state index is 13.7. The number of aliphatic hydroxyl groups excluding tert-OH is 1. The van der Waals surface area contributed by atoms with E-state index in [1.165, 1.54) is 0 Å². The number of aromatic amines is 1. The first-order chi connectivity index (χ1) is 13.7. The molecule has 3 N–H and O–H groups in total. The van der Waals surface area contributed by atoms with Crippen LogP contribution in [-0.2, 0) is 0 Å². The fourth-order valence-corrected chi connectivity index (χ4v) is 3.65. The van der Waals surface area contributed by atoms with Gasteiger partial charge in [0.05, 0.1) is 5.52 Å². The third-order valence-electron chi connectivity index (χ3n) is 5.07. The lowest BCUT2D eigenvalue weighted by Gasteiger charge is -2.31. The van der Waals surface area contributed by atoms with Gasteiger partial charge in [0.15, 0.2) is 17.6 Å². The van der Waals surface area contributed by atoms with Crippen molar-refractivity contribution in [3.8, 4) is 0 Å². The summed E-state index contributed by atoms with van der Waals surface area (Å²) in [6.07, 6.45) is 1.05. The van der Waals surface area contributed by atoms with Gasteiger partial charge in [-0.15, -0.1) is 0 Å². The molecule has 4 heterocycles. The Balaban J connectivity index is 1.41. The van der Waals surface area contributed by atoms with Crippen molar-refractivity contribution in [3.63, 3.8) is 0 Å². The lowest BCUT2D eigenvalue weighted by atomic mass is 10.1. The van der Waals surface area contributed by atoms with Gasteiger partial charge in [-0.1, -0.05) is 5.16 Å². The first-order valence-electron chi connectivity index (χ1n) is 9.20. The molecule has 4 aromatic rings. The van der Waals surface area contributed by atoms with E-state index < -0.39 is 12.4 Å². The number of H-pyrrole nitrogens is 1. The molecule has 0 aliphatic carbocycles. The summed E-state index contributed by atoms with van der Waals surface area (Å²) >= 11 is 0. The highest BCUT2D eigenvalue weighted by Crippen LogP contribution is 2.31. The van der Waals surface area contributed by atoms with Crippen molar-refractivity contribution >= 4 is 33.5 Å². The summed E-state index contributed by atoms with van der Waals surface area (Å²) in [7, 11) is 0. The van der Waals surface area contributed by atoms with Crippen molar-refractivity contribution in [2.75, 3.05) is 18.4 Å². The minimum Gasteiger partial charge on any atom is -0.372 e. The molecule has 0 radical (unpaired) electrons. The molecular formula is C19H19FN6O2. The average Bonchev–Trinajstić information content (AvgIpc) is 3.32. The van der Waals surface area contributed by atoms with Gasteiger partial charge < -0.3 is 14.9 Å². The third-order valence-corrected chi connectivity index (χ3v) is 5.07. The second-order valence-electron chi connectivity index (χ2n) is 6.98. The minimum absolute atomic E-state index is 0.203. The number of rotatable bonds is 4. The van der Waals surface area contributed by atoms with Crippen LogP contribution in [0.4, 0.5) is 15.9 Å². The molecule has 1 saturated heterocycles. The number of aliphatic hydroxyl groups is 1. The number of anilines is 2. The van der Waals surface area contributed by atoms with Crippen LogP contribution < -0.4 is 5.32 Å². The van der Waals surface area contributed by atoms with E-state index in [1.54, 1.807) is 17.2 Å². The minimum atomic E-state index is -0.988. The number of nitrogens with zero attached hydrogens (tertiary/aromatic N) is 4. The highest BCUT2D eigenvalue weighted by atomic mass is 19.1. The summed E-state index contributed by atoms with van der Waals surface area (Å²) in [4.78, 5) is 6.02. The van der Waals surface area contributed by atoms with Crippen LogP contribution in [0.25, 0.3) is 22.0 Å². The number of fused-ring (bicyclic) bond motifs is 2. The van der Waals surface area contributed by atoms with Crippen LogP contribution in [0.1, 0.15) is 24.8 Å². The molecule has 2 unspecified atom stereocenters. The Bertz CT molecular complexity index is 1130. The Morgan fingerprint density at radius 1 is 1.36 bits per heavy atom. The molecule has 8 nitrogen and oxygen atoms in total. The van der Waals surface area contributed by atoms with E-state index in [-0.39, 0.29) is 6.54 Å². The number of hydrogen-bond acceptors (Lipinski definition) is 7. The Kier molecular flexibility index (Phi) is 4.18. The lowest BCUT2D eigenvalue weighted by Crippen LogP contribution is -2.39. The molecule has 2 atom stereocenters. The number of halogens is 1. The smallest absolute Gasteiger partial charge is 0.178 e. The van der Waals surface area contributed by atoms with Crippen LogP contribution in [0.15, 0.2) is 41.1 Å². The first kappa shape index (κ1) is 17.1. The van der Waals surface area contributed by atoms with E-state index in [2.05, 4.69) is 25.7 Å². The van der Waals surface area contributed by atoms with Crippen molar-refractivity contribution < 1.29 is 14.0 Å². The van der Waals surface area contributed by atoms with E-state index >= 15 is 0 Å². The Morgan fingerprint density at radius 3 is 3.18 bits per heavy atom. The topological polar surface area (TPSA) is 103 Å². The molecule has 1 aliphatic rings. The molecule has 144 valence electrons. The van der Waals surface area contributed by atoms with Gasteiger partial charge in [0.25, 0.3) is 0 Å². The summed E-state index contributed by atoms with van der Waals surface area (Å²) in [6.45, 7) is 0.837. The van der Waals surface area contributed by atoms with Crippen molar-refractivity contribution in [2.24, 2.45) is 0 Å². The van der Waals surface area contributed by atoms with Gasteiger partial charge in [-0.25, -0.2) is 4.39 Å². The van der Waals surface area contributed by atoms with Gasteiger partial charge in [-0.05, 0) is 37.1 Å². The van der Waals surface area contributed by atoms with Crippen molar-refractivity contribution in [1.82, 2.24) is 25.2 Å². The molecule has 1 aliphatic heterocycles. The van der Waals surface area contributed by atoms with Gasteiger partial charge in [-0.2, -0.15) is 5.10 Å². The molecule has 0 spiro atoms. The monoisotopic (exact) mass is 382 g/mol. The zero-order valence-corrected chi connectivity index (χ0v) is 15.0. The van der Waals surface area contributed by atoms with E-state index in [4.69, 9.17) is 4.52 Å². The molecule has 9 heteroatoms. The Morgan fingerprint density at radius 2 is 2.29 bits per heavy atom. The molecular weight excluding hydrogens is 363 g/mol. The molecule has 3 aromatic heterocycles. The summed E-state index contributed by atoms with van der Waals surface area (Å²) in [5.41, 5.74) is 3.26. The van der Waals surface area contributed by atoms with Crippen LogP contribution in [0.5, 0.6) is 0 Å². The van der Waals surface area contributed by atoms with Gasteiger partial charge in [-0.3, -0.25) is 15.0 Å². The van der Waals surface area contributed by atoms with Crippen molar-refractivity contribution in [2.45, 2.75) is 25.2 Å². The van der Waals surface area contributed by atoms with Crippen molar-refractivity contribution in [3.05, 3.63) is 42.2 Å². The summed E-state index contributed by atoms with van der Waals surface area (Å²) in [5.74, 6) is 0.608. The number of likely N-dealkylation sites (tertiary alicyclic amines) is 1. The highest BCUT2D eigenvalue weighted by molar-refractivity contribution is 5.89. The molecule has 0 amide bonds. The van der Waals surface area contributed by atoms with E-state index in [0.717, 1.165) is 16.7 Å². The predicted molar refractivity (Wildman–Crippen MR) is 102 cm³/mol. The average molecular weight is 382 g/mol. The van der Waals surface area contributed by atoms with Crippen LogP contribution in [-0.4, -0.2) is 49.6 Å². The second kappa shape index (κ2) is 6.84. The molecule has 1 aromatic carbocycles. The molecule has 28 heavy (non-hydrogen) atoms. The number of piperidine rings is 1. The van der Waals surface area contributed by atoms with E-state index in [0.29, 0.717) is 41.9 Å². The molecule has 1 fully saturated rings.